The Kier molecular flexibility index (Phi) is 6.17. The second-order valence-corrected chi connectivity index (χ2v) is 8.60. The topological polar surface area (TPSA) is 62.7 Å². The summed E-state index contributed by atoms with van der Waals surface area (Å²) < 4.78 is 0. The van der Waals surface area contributed by atoms with Gasteiger partial charge in [0.25, 0.3) is 0 Å². The van der Waals surface area contributed by atoms with Crippen LogP contribution in [0.25, 0.3) is 0 Å². The fourth-order valence-electron chi connectivity index (χ4n) is 2.12. The van der Waals surface area contributed by atoms with Crippen molar-refractivity contribution in [3.63, 3.8) is 0 Å². The molecule has 0 bridgehead atoms. The van der Waals surface area contributed by atoms with Gasteiger partial charge in [-0.15, -0.1) is 34.0 Å². The maximum atomic E-state index is 4.51. The van der Waals surface area contributed by atoms with E-state index in [-0.39, 0.29) is 0 Å². The normalized spacial score (nSPS) is 10.9. The van der Waals surface area contributed by atoms with Crippen LogP contribution in [0, 0.1) is 6.92 Å². The number of nitrogens with one attached hydrogen (secondary N) is 2. The molecular formula is C16H21N5S3. The zero-order valence-corrected chi connectivity index (χ0v) is 16.3. The molecule has 24 heavy (non-hydrogen) atoms. The number of hydrogen-bond donors (Lipinski definition) is 2. The van der Waals surface area contributed by atoms with Crippen molar-refractivity contribution in [2.45, 2.75) is 39.7 Å². The number of thiazole rings is 3. The molecule has 0 radical (unpaired) electrons. The maximum absolute atomic E-state index is 4.51. The molecule has 0 aliphatic carbocycles. The summed E-state index contributed by atoms with van der Waals surface area (Å²) in [6.07, 6.45) is 6.98. The molecule has 0 saturated carbocycles. The summed E-state index contributed by atoms with van der Waals surface area (Å²) in [6.45, 7) is 5.93. The van der Waals surface area contributed by atoms with Crippen molar-refractivity contribution in [2.75, 3.05) is 17.2 Å². The standard InChI is InChI=1S/C16H21N5S3/c1-3-6-17-15-19-8-13(24-15)9-20-16-18-7-12(23-16)4-5-14-21-11(2)10-22-14/h7-8,10H,3-6,9H2,1-2H3,(H,17,19)(H,18,20). The summed E-state index contributed by atoms with van der Waals surface area (Å²) in [6, 6.07) is 0. The van der Waals surface area contributed by atoms with Crippen LogP contribution >= 0.6 is 34.0 Å². The van der Waals surface area contributed by atoms with Crippen molar-refractivity contribution in [2.24, 2.45) is 0 Å². The van der Waals surface area contributed by atoms with Gasteiger partial charge in [0.2, 0.25) is 0 Å². The Hall–Kier alpha value is -1.51. The largest absolute Gasteiger partial charge is 0.362 e. The lowest BCUT2D eigenvalue weighted by Crippen LogP contribution is -1.98. The molecule has 128 valence electrons. The molecule has 0 amide bonds. The molecular weight excluding hydrogens is 358 g/mol. The lowest BCUT2D eigenvalue weighted by molar-refractivity contribution is 0.950. The molecule has 0 unspecified atom stereocenters. The van der Waals surface area contributed by atoms with E-state index in [1.165, 1.54) is 14.8 Å². The second-order valence-electron chi connectivity index (χ2n) is 5.43. The number of aryl methyl sites for hydroxylation is 3. The van der Waals surface area contributed by atoms with Crippen molar-refractivity contribution in [1.29, 1.82) is 0 Å². The van der Waals surface area contributed by atoms with Gasteiger partial charge in [0.1, 0.15) is 0 Å². The fraction of sp³-hybridized carbons (Fsp3) is 0.438. The van der Waals surface area contributed by atoms with Crippen LogP contribution in [0.4, 0.5) is 10.3 Å². The molecule has 0 spiro atoms. The summed E-state index contributed by atoms with van der Waals surface area (Å²) in [4.78, 5) is 15.9. The highest BCUT2D eigenvalue weighted by Crippen LogP contribution is 2.23. The SMILES string of the molecule is CCCNc1ncc(CNc2ncc(CCc3nc(C)cs3)s2)s1. The predicted octanol–water partition coefficient (Wildman–Crippen LogP) is 4.58. The van der Waals surface area contributed by atoms with Crippen LogP contribution in [0.15, 0.2) is 17.8 Å². The summed E-state index contributed by atoms with van der Waals surface area (Å²) >= 11 is 5.15. The van der Waals surface area contributed by atoms with E-state index in [4.69, 9.17) is 0 Å². The van der Waals surface area contributed by atoms with E-state index in [0.29, 0.717) is 0 Å². The molecule has 0 saturated heterocycles. The molecule has 3 heterocycles. The summed E-state index contributed by atoms with van der Waals surface area (Å²) in [5, 5.41) is 12.0. The summed E-state index contributed by atoms with van der Waals surface area (Å²) in [7, 11) is 0. The van der Waals surface area contributed by atoms with Crippen molar-refractivity contribution in [1.82, 2.24) is 15.0 Å². The highest BCUT2D eigenvalue weighted by atomic mass is 32.1. The first-order chi connectivity index (χ1) is 11.7. The molecule has 0 atom stereocenters. The van der Waals surface area contributed by atoms with Crippen molar-refractivity contribution < 1.29 is 0 Å². The first kappa shape index (κ1) is 17.3. The zero-order valence-electron chi connectivity index (χ0n) is 13.8. The quantitative estimate of drug-likeness (QED) is 0.569. The van der Waals surface area contributed by atoms with Crippen LogP contribution in [0.2, 0.25) is 0 Å². The molecule has 0 aliphatic rings. The van der Waals surface area contributed by atoms with Gasteiger partial charge in [-0.2, -0.15) is 0 Å². The van der Waals surface area contributed by atoms with E-state index < -0.39 is 0 Å². The Bertz CT molecular complexity index is 761. The van der Waals surface area contributed by atoms with E-state index in [1.807, 2.05) is 19.3 Å². The fourth-order valence-corrected chi connectivity index (χ4v) is 4.48. The van der Waals surface area contributed by atoms with Crippen LogP contribution in [0.5, 0.6) is 0 Å². The van der Waals surface area contributed by atoms with Crippen molar-refractivity contribution in [3.05, 3.63) is 38.2 Å². The highest BCUT2D eigenvalue weighted by molar-refractivity contribution is 7.16. The van der Waals surface area contributed by atoms with Gasteiger partial charge >= 0.3 is 0 Å². The molecule has 0 fully saturated rings. The molecule has 8 heteroatoms. The van der Waals surface area contributed by atoms with Crippen LogP contribution in [-0.4, -0.2) is 21.5 Å². The van der Waals surface area contributed by atoms with Gasteiger partial charge in [-0.25, -0.2) is 15.0 Å². The van der Waals surface area contributed by atoms with Crippen LogP contribution in [0.1, 0.15) is 33.8 Å². The van der Waals surface area contributed by atoms with Gasteiger partial charge in [0.15, 0.2) is 10.3 Å². The van der Waals surface area contributed by atoms with Gasteiger partial charge in [0, 0.05) is 46.2 Å². The summed E-state index contributed by atoms with van der Waals surface area (Å²) in [5.74, 6) is 0. The molecule has 3 rings (SSSR count). The maximum Gasteiger partial charge on any atom is 0.183 e. The Morgan fingerprint density at radius 1 is 1.00 bits per heavy atom. The van der Waals surface area contributed by atoms with Crippen molar-refractivity contribution in [3.8, 4) is 0 Å². The monoisotopic (exact) mass is 379 g/mol. The van der Waals surface area contributed by atoms with Gasteiger partial charge in [-0.05, 0) is 19.8 Å². The summed E-state index contributed by atoms with van der Waals surface area (Å²) in [5.41, 5.74) is 1.11. The van der Waals surface area contributed by atoms with E-state index >= 15 is 0 Å². The minimum Gasteiger partial charge on any atom is -0.362 e. The highest BCUT2D eigenvalue weighted by Gasteiger charge is 2.06. The smallest absolute Gasteiger partial charge is 0.183 e. The molecule has 3 aromatic heterocycles. The Balaban J connectivity index is 1.46. The number of anilines is 2. The van der Waals surface area contributed by atoms with Crippen molar-refractivity contribution >= 4 is 44.3 Å². The lowest BCUT2D eigenvalue weighted by atomic mass is 10.3. The number of hydrogen-bond acceptors (Lipinski definition) is 8. The minimum atomic E-state index is 0.768. The Morgan fingerprint density at radius 2 is 1.75 bits per heavy atom. The first-order valence-corrected chi connectivity index (χ1v) is 10.5. The van der Waals surface area contributed by atoms with Gasteiger partial charge in [0.05, 0.1) is 11.6 Å². The van der Waals surface area contributed by atoms with Gasteiger partial charge < -0.3 is 10.6 Å². The Morgan fingerprint density at radius 3 is 2.50 bits per heavy atom. The molecule has 3 aromatic rings. The van der Waals surface area contributed by atoms with E-state index in [2.05, 4.69) is 37.9 Å². The second kappa shape index (κ2) is 8.55. The number of rotatable bonds is 9. The van der Waals surface area contributed by atoms with E-state index in [1.54, 1.807) is 34.0 Å². The Labute approximate surface area is 154 Å². The number of aromatic nitrogens is 3. The van der Waals surface area contributed by atoms with Crippen LogP contribution < -0.4 is 10.6 Å². The van der Waals surface area contributed by atoms with Crippen LogP contribution in [0.3, 0.4) is 0 Å². The van der Waals surface area contributed by atoms with Crippen LogP contribution in [-0.2, 0) is 19.4 Å². The third-order valence-corrected chi connectivity index (χ3v) is 6.30. The predicted molar refractivity (Wildman–Crippen MR) is 105 cm³/mol. The average molecular weight is 380 g/mol. The van der Waals surface area contributed by atoms with Gasteiger partial charge in [-0.3, -0.25) is 0 Å². The minimum absolute atomic E-state index is 0.768. The first-order valence-electron chi connectivity index (χ1n) is 8.01. The van der Waals surface area contributed by atoms with Gasteiger partial charge in [-0.1, -0.05) is 6.92 Å². The van der Waals surface area contributed by atoms with E-state index in [9.17, 15) is 0 Å². The average Bonchev–Trinajstić information content (AvgIpc) is 3.30. The van der Waals surface area contributed by atoms with E-state index in [0.717, 1.165) is 48.3 Å². The number of nitrogens with zero attached hydrogens (tertiary/aromatic N) is 3. The molecule has 0 aliphatic heterocycles. The third kappa shape index (κ3) is 4.99. The zero-order chi connectivity index (χ0) is 16.8. The molecule has 0 aromatic carbocycles. The molecule has 2 N–H and O–H groups in total. The molecule has 5 nitrogen and oxygen atoms in total. The third-order valence-electron chi connectivity index (χ3n) is 3.30. The lowest BCUT2D eigenvalue weighted by Gasteiger charge is -1.99.